The lowest BCUT2D eigenvalue weighted by Gasteiger charge is -2.16. The van der Waals surface area contributed by atoms with E-state index in [-0.39, 0.29) is 17.2 Å². The average molecular weight is 610 g/mol. The fourth-order valence-corrected chi connectivity index (χ4v) is 5.15. The van der Waals surface area contributed by atoms with Crippen molar-refractivity contribution in [1.29, 1.82) is 0 Å². The SMILES string of the molecule is CCC(Sc1cccc(NC(=O)/C(=C\c2ccccc2OC)NC(=O)c2ccccc2)c1)C(=O)Nc1ccc(C(=O)O)cc1. The van der Waals surface area contributed by atoms with E-state index in [0.717, 1.165) is 4.90 Å². The van der Waals surface area contributed by atoms with Crippen molar-refractivity contribution in [2.24, 2.45) is 0 Å². The smallest absolute Gasteiger partial charge is 0.335 e. The Morgan fingerprint density at radius 3 is 2.20 bits per heavy atom. The van der Waals surface area contributed by atoms with E-state index in [1.807, 2.05) is 13.0 Å². The monoisotopic (exact) mass is 609 g/mol. The zero-order valence-corrected chi connectivity index (χ0v) is 24.9. The van der Waals surface area contributed by atoms with Gasteiger partial charge in [0, 0.05) is 27.4 Å². The fraction of sp³-hybridized carbons (Fsp3) is 0.118. The van der Waals surface area contributed by atoms with Gasteiger partial charge in [-0.25, -0.2) is 4.79 Å². The van der Waals surface area contributed by atoms with Gasteiger partial charge in [0.25, 0.3) is 11.8 Å². The third-order valence-electron chi connectivity index (χ3n) is 6.40. The van der Waals surface area contributed by atoms with Crippen LogP contribution < -0.4 is 20.7 Å². The van der Waals surface area contributed by atoms with Gasteiger partial charge in [0.05, 0.1) is 17.9 Å². The van der Waals surface area contributed by atoms with Crippen LogP contribution in [0, 0.1) is 0 Å². The second-order valence-electron chi connectivity index (χ2n) is 9.49. The van der Waals surface area contributed by atoms with Gasteiger partial charge in [-0.1, -0.05) is 49.4 Å². The van der Waals surface area contributed by atoms with Crippen LogP contribution in [0.4, 0.5) is 11.4 Å². The Kier molecular flexibility index (Phi) is 10.9. The summed E-state index contributed by atoms with van der Waals surface area (Å²) in [5, 5.41) is 17.0. The Labute approximate surface area is 259 Å². The molecule has 4 aromatic carbocycles. The van der Waals surface area contributed by atoms with E-state index in [9.17, 15) is 19.2 Å². The third kappa shape index (κ3) is 8.59. The first-order valence-corrected chi connectivity index (χ1v) is 14.6. The molecule has 0 bridgehead atoms. The molecule has 0 spiro atoms. The molecule has 10 heteroatoms. The van der Waals surface area contributed by atoms with Gasteiger partial charge in [0.15, 0.2) is 0 Å². The number of aromatic carboxylic acids is 1. The highest BCUT2D eigenvalue weighted by Crippen LogP contribution is 2.29. The zero-order valence-electron chi connectivity index (χ0n) is 24.1. The average Bonchev–Trinajstić information content (AvgIpc) is 3.04. The molecule has 0 fully saturated rings. The molecule has 9 nitrogen and oxygen atoms in total. The minimum atomic E-state index is -1.04. The van der Waals surface area contributed by atoms with Crippen LogP contribution in [0.1, 0.15) is 39.6 Å². The number of benzene rings is 4. The largest absolute Gasteiger partial charge is 0.496 e. The van der Waals surface area contributed by atoms with Crippen molar-refractivity contribution in [3.63, 3.8) is 0 Å². The van der Waals surface area contributed by atoms with Crippen molar-refractivity contribution in [3.05, 3.63) is 126 Å². The molecule has 0 heterocycles. The van der Waals surface area contributed by atoms with Crippen molar-refractivity contribution < 1.29 is 29.0 Å². The molecule has 0 aliphatic carbocycles. The lowest BCUT2D eigenvalue weighted by Crippen LogP contribution is -2.30. The Bertz CT molecular complexity index is 1670. The van der Waals surface area contributed by atoms with Crippen molar-refractivity contribution in [1.82, 2.24) is 5.32 Å². The van der Waals surface area contributed by atoms with Gasteiger partial charge >= 0.3 is 5.97 Å². The molecule has 3 amide bonds. The Morgan fingerprint density at radius 2 is 1.52 bits per heavy atom. The number of nitrogens with one attached hydrogen (secondary N) is 3. The first-order chi connectivity index (χ1) is 21.3. The predicted octanol–water partition coefficient (Wildman–Crippen LogP) is 6.31. The number of rotatable bonds is 12. The minimum Gasteiger partial charge on any atom is -0.496 e. The van der Waals surface area contributed by atoms with Crippen LogP contribution in [0.25, 0.3) is 6.08 Å². The number of carbonyl (C=O) groups excluding carboxylic acids is 3. The number of anilines is 2. The molecule has 4 aromatic rings. The molecule has 4 N–H and O–H groups in total. The Morgan fingerprint density at radius 1 is 0.818 bits per heavy atom. The lowest BCUT2D eigenvalue weighted by atomic mass is 10.1. The zero-order chi connectivity index (χ0) is 31.5. The van der Waals surface area contributed by atoms with Crippen LogP contribution in [-0.4, -0.2) is 41.2 Å². The standard InChI is InChI=1S/C34H31N3O6S/c1-3-30(33(40)35-25-18-16-23(17-19-25)34(41)42)44-27-14-9-13-26(21-27)36-32(39)28(20-24-12-7-8-15-29(24)43-2)37-31(38)22-10-5-4-6-11-22/h4-21,30H,3H2,1-2H3,(H,35,40)(H,36,39)(H,37,38)(H,41,42)/b28-20+. The van der Waals surface area contributed by atoms with Gasteiger partial charge in [-0.05, 0) is 73.2 Å². The second kappa shape index (κ2) is 15.2. The number of hydrogen-bond donors (Lipinski definition) is 4. The van der Waals surface area contributed by atoms with Crippen molar-refractivity contribution in [2.45, 2.75) is 23.5 Å². The molecule has 0 aromatic heterocycles. The number of carboxylic acid groups (broad SMARTS) is 1. The van der Waals surface area contributed by atoms with Crippen molar-refractivity contribution in [3.8, 4) is 5.75 Å². The van der Waals surface area contributed by atoms with Crippen LogP contribution in [-0.2, 0) is 9.59 Å². The summed E-state index contributed by atoms with van der Waals surface area (Å²) in [4.78, 5) is 51.3. The first-order valence-electron chi connectivity index (χ1n) is 13.7. The van der Waals surface area contributed by atoms with Crippen LogP contribution in [0.3, 0.4) is 0 Å². The highest BCUT2D eigenvalue weighted by atomic mass is 32.2. The van der Waals surface area contributed by atoms with Gasteiger partial charge in [-0.15, -0.1) is 11.8 Å². The Hall–Kier alpha value is -5.35. The molecule has 4 rings (SSSR count). The number of methoxy groups -OCH3 is 1. The predicted molar refractivity (Wildman–Crippen MR) is 172 cm³/mol. The molecule has 44 heavy (non-hydrogen) atoms. The first kappa shape index (κ1) is 31.6. The summed E-state index contributed by atoms with van der Waals surface area (Å²) < 4.78 is 5.42. The molecule has 0 aliphatic rings. The van der Waals surface area contributed by atoms with E-state index >= 15 is 0 Å². The molecule has 0 aliphatic heterocycles. The highest BCUT2D eigenvalue weighted by Gasteiger charge is 2.20. The van der Waals surface area contributed by atoms with Gasteiger partial charge < -0.3 is 25.8 Å². The van der Waals surface area contributed by atoms with E-state index in [2.05, 4.69) is 16.0 Å². The van der Waals surface area contributed by atoms with Gasteiger partial charge in [-0.2, -0.15) is 0 Å². The van der Waals surface area contributed by atoms with E-state index in [4.69, 9.17) is 9.84 Å². The topological polar surface area (TPSA) is 134 Å². The minimum absolute atomic E-state index is 0.0149. The summed E-state index contributed by atoms with van der Waals surface area (Å²) in [6.07, 6.45) is 2.08. The van der Waals surface area contributed by atoms with Crippen molar-refractivity contribution >= 4 is 52.9 Å². The summed E-state index contributed by atoms with van der Waals surface area (Å²) in [7, 11) is 1.52. The lowest BCUT2D eigenvalue weighted by molar-refractivity contribution is -0.116. The number of carboxylic acids is 1. The number of hydrogen-bond acceptors (Lipinski definition) is 6. The summed E-state index contributed by atoms with van der Waals surface area (Å²) in [5.74, 6) is -1.73. The van der Waals surface area contributed by atoms with Gasteiger partial charge in [0.1, 0.15) is 11.4 Å². The van der Waals surface area contributed by atoms with Crippen LogP contribution in [0.5, 0.6) is 5.75 Å². The summed E-state index contributed by atoms with van der Waals surface area (Å²) in [5.41, 5.74) is 2.11. The van der Waals surface area contributed by atoms with Crippen LogP contribution in [0.15, 0.2) is 114 Å². The summed E-state index contributed by atoms with van der Waals surface area (Å²) >= 11 is 1.33. The van der Waals surface area contributed by atoms with E-state index in [0.29, 0.717) is 34.7 Å². The number of ether oxygens (including phenoxy) is 1. The third-order valence-corrected chi connectivity index (χ3v) is 7.76. The summed E-state index contributed by atoms with van der Waals surface area (Å²) in [6, 6.07) is 28.7. The number of amides is 3. The fourth-order valence-electron chi connectivity index (χ4n) is 4.13. The van der Waals surface area contributed by atoms with Crippen molar-refractivity contribution in [2.75, 3.05) is 17.7 Å². The highest BCUT2D eigenvalue weighted by molar-refractivity contribution is 8.00. The molecular formula is C34H31N3O6S. The van der Waals surface area contributed by atoms with Gasteiger partial charge in [-0.3, -0.25) is 14.4 Å². The molecular weight excluding hydrogens is 578 g/mol. The maximum Gasteiger partial charge on any atom is 0.335 e. The van der Waals surface area contributed by atoms with Crippen LogP contribution >= 0.6 is 11.8 Å². The molecule has 1 atom stereocenters. The molecule has 224 valence electrons. The normalized spacial score (nSPS) is 11.6. The molecule has 0 saturated carbocycles. The molecule has 1 unspecified atom stereocenters. The number of thioether (sulfide) groups is 1. The Balaban J connectivity index is 1.50. The van der Waals surface area contributed by atoms with E-state index < -0.39 is 23.0 Å². The van der Waals surface area contributed by atoms with Crippen LogP contribution in [0.2, 0.25) is 0 Å². The van der Waals surface area contributed by atoms with Gasteiger partial charge in [0.2, 0.25) is 5.91 Å². The second-order valence-corrected chi connectivity index (χ2v) is 10.8. The van der Waals surface area contributed by atoms with E-state index in [1.165, 1.54) is 31.0 Å². The summed E-state index contributed by atoms with van der Waals surface area (Å²) in [6.45, 7) is 1.89. The van der Waals surface area contributed by atoms with E-state index in [1.54, 1.807) is 91.0 Å². The maximum absolute atomic E-state index is 13.5. The maximum atomic E-state index is 13.5. The number of carbonyl (C=O) groups is 4. The number of para-hydroxylation sites is 1. The molecule has 0 radical (unpaired) electrons. The quantitative estimate of drug-likeness (QED) is 0.109. The molecule has 0 saturated heterocycles.